The van der Waals surface area contributed by atoms with Crippen LogP contribution in [0.1, 0.15) is 26.2 Å². The molecule has 1 N–H and O–H groups in total. The highest BCUT2D eigenvalue weighted by atomic mass is 16.5. The van der Waals surface area contributed by atoms with Gasteiger partial charge in [-0.2, -0.15) is 0 Å². The first-order valence-electron chi connectivity index (χ1n) is 5.70. The fraction of sp³-hybridized carbons (Fsp3) is 0.615. The molecule has 2 unspecified atom stereocenters. The summed E-state index contributed by atoms with van der Waals surface area (Å²) in [4.78, 5) is 11.1. The van der Waals surface area contributed by atoms with E-state index in [-0.39, 0.29) is 19.3 Å². The van der Waals surface area contributed by atoms with Gasteiger partial charge in [0.05, 0.1) is 6.61 Å². The van der Waals surface area contributed by atoms with E-state index < -0.39 is 12.1 Å². The number of aliphatic hydroxyl groups excluding tert-OH is 1. The van der Waals surface area contributed by atoms with Crippen molar-refractivity contribution in [2.75, 3.05) is 13.2 Å². The van der Waals surface area contributed by atoms with Crippen molar-refractivity contribution in [3.63, 3.8) is 0 Å². The smallest absolute Gasteiger partial charge is 0.333 e. The molecule has 0 saturated carbocycles. The van der Waals surface area contributed by atoms with Crippen molar-refractivity contribution in [3.05, 3.63) is 12.2 Å². The third-order valence-corrected chi connectivity index (χ3v) is 2.28. The summed E-state index contributed by atoms with van der Waals surface area (Å²) in [6.07, 6.45) is 1.92. The zero-order valence-electron chi connectivity index (χ0n) is 10.1. The Morgan fingerprint density at radius 3 is 2.94 bits per heavy atom. The van der Waals surface area contributed by atoms with Crippen LogP contribution in [0.15, 0.2) is 12.2 Å². The SMILES string of the molecule is C=C(C)C(=O)OCC(O)COC1C#CCCC1. The van der Waals surface area contributed by atoms with Crippen LogP contribution in [0.25, 0.3) is 0 Å². The summed E-state index contributed by atoms with van der Waals surface area (Å²) in [5, 5.41) is 9.53. The molecule has 0 radical (unpaired) electrons. The maximum Gasteiger partial charge on any atom is 0.333 e. The number of esters is 1. The van der Waals surface area contributed by atoms with Crippen molar-refractivity contribution in [2.45, 2.75) is 38.4 Å². The Kier molecular flexibility index (Phi) is 5.75. The summed E-state index contributed by atoms with van der Waals surface area (Å²) in [5.41, 5.74) is 0.316. The normalized spacial score (nSPS) is 20.0. The lowest BCUT2D eigenvalue weighted by molar-refractivity contribution is -0.143. The number of hydrogen-bond donors (Lipinski definition) is 1. The maximum absolute atomic E-state index is 11.1. The van der Waals surface area contributed by atoms with Gasteiger partial charge in [0, 0.05) is 12.0 Å². The van der Waals surface area contributed by atoms with Gasteiger partial charge in [-0.1, -0.05) is 12.5 Å². The molecule has 94 valence electrons. The molecule has 0 fully saturated rings. The molecule has 4 heteroatoms. The van der Waals surface area contributed by atoms with Gasteiger partial charge in [0.1, 0.15) is 18.8 Å². The predicted octanol–water partition coefficient (Wildman–Crippen LogP) is 1.04. The number of aliphatic hydroxyl groups is 1. The molecule has 0 heterocycles. The monoisotopic (exact) mass is 238 g/mol. The molecular formula is C13H18O4. The second kappa shape index (κ2) is 7.10. The van der Waals surface area contributed by atoms with E-state index >= 15 is 0 Å². The first-order chi connectivity index (χ1) is 8.09. The van der Waals surface area contributed by atoms with E-state index in [4.69, 9.17) is 9.47 Å². The van der Waals surface area contributed by atoms with E-state index in [0.717, 1.165) is 19.3 Å². The van der Waals surface area contributed by atoms with E-state index in [9.17, 15) is 9.90 Å². The molecule has 0 spiro atoms. The molecule has 2 atom stereocenters. The number of rotatable bonds is 6. The van der Waals surface area contributed by atoms with E-state index in [1.54, 1.807) is 6.92 Å². The quantitative estimate of drug-likeness (QED) is 0.427. The lowest BCUT2D eigenvalue weighted by Crippen LogP contribution is -2.27. The lowest BCUT2D eigenvalue weighted by Gasteiger charge is -2.17. The fourth-order valence-electron chi connectivity index (χ4n) is 1.33. The van der Waals surface area contributed by atoms with Crippen LogP contribution in [0.5, 0.6) is 0 Å². The van der Waals surface area contributed by atoms with Crippen LogP contribution in [0.4, 0.5) is 0 Å². The van der Waals surface area contributed by atoms with E-state index in [0.29, 0.717) is 5.57 Å². The minimum absolute atomic E-state index is 0.0775. The molecule has 0 aliphatic heterocycles. The van der Waals surface area contributed by atoms with Gasteiger partial charge in [-0.15, -0.1) is 5.92 Å². The van der Waals surface area contributed by atoms with Gasteiger partial charge >= 0.3 is 5.97 Å². The second-order valence-electron chi connectivity index (χ2n) is 4.07. The minimum Gasteiger partial charge on any atom is -0.460 e. The van der Waals surface area contributed by atoms with Crippen LogP contribution in [0, 0.1) is 11.8 Å². The van der Waals surface area contributed by atoms with E-state index in [1.807, 2.05) is 0 Å². The van der Waals surface area contributed by atoms with Crippen molar-refractivity contribution in [2.24, 2.45) is 0 Å². The number of ether oxygens (including phenoxy) is 2. The highest BCUT2D eigenvalue weighted by Crippen LogP contribution is 2.09. The van der Waals surface area contributed by atoms with Gasteiger partial charge in [0.25, 0.3) is 0 Å². The molecule has 0 aromatic heterocycles. The van der Waals surface area contributed by atoms with Gasteiger partial charge in [-0.3, -0.25) is 0 Å². The Morgan fingerprint density at radius 1 is 1.59 bits per heavy atom. The van der Waals surface area contributed by atoms with Gasteiger partial charge < -0.3 is 14.6 Å². The molecule has 4 nitrogen and oxygen atoms in total. The van der Waals surface area contributed by atoms with Crippen molar-refractivity contribution < 1.29 is 19.4 Å². The average molecular weight is 238 g/mol. The van der Waals surface area contributed by atoms with Crippen LogP contribution in [-0.2, 0) is 14.3 Å². The Bertz CT molecular complexity index is 337. The molecule has 1 rings (SSSR count). The largest absolute Gasteiger partial charge is 0.460 e. The Morgan fingerprint density at radius 2 is 2.35 bits per heavy atom. The summed E-state index contributed by atoms with van der Waals surface area (Å²) in [5.74, 6) is 5.42. The average Bonchev–Trinajstić information content (AvgIpc) is 2.34. The second-order valence-corrected chi connectivity index (χ2v) is 4.07. The van der Waals surface area contributed by atoms with Gasteiger partial charge in [0.15, 0.2) is 0 Å². The van der Waals surface area contributed by atoms with E-state index in [1.165, 1.54) is 0 Å². The molecule has 0 aromatic carbocycles. The Hall–Kier alpha value is -1.31. The Balaban J connectivity index is 2.15. The van der Waals surface area contributed by atoms with Crippen molar-refractivity contribution in [1.82, 2.24) is 0 Å². The number of carbonyl (C=O) groups excluding carboxylic acids is 1. The maximum atomic E-state index is 11.1. The molecule has 1 aliphatic rings. The molecule has 0 saturated heterocycles. The third-order valence-electron chi connectivity index (χ3n) is 2.28. The summed E-state index contributed by atoms with van der Waals surface area (Å²) < 4.78 is 10.2. The Labute approximate surface area is 102 Å². The molecule has 0 amide bonds. The lowest BCUT2D eigenvalue weighted by atomic mass is 10.1. The van der Waals surface area contributed by atoms with Crippen LogP contribution < -0.4 is 0 Å². The molecule has 1 aliphatic carbocycles. The van der Waals surface area contributed by atoms with Crippen LogP contribution >= 0.6 is 0 Å². The van der Waals surface area contributed by atoms with Crippen LogP contribution in [0.3, 0.4) is 0 Å². The van der Waals surface area contributed by atoms with Crippen molar-refractivity contribution in [3.8, 4) is 11.8 Å². The minimum atomic E-state index is -0.818. The van der Waals surface area contributed by atoms with Crippen molar-refractivity contribution >= 4 is 5.97 Å². The summed E-state index contributed by atoms with van der Waals surface area (Å²) in [7, 11) is 0. The summed E-state index contributed by atoms with van der Waals surface area (Å²) >= 11 is 0. The number of hydrogen-bond acceptors (Lipinski definition) is 4. The van der Waals surface area contributed by atoms with Gasteiger partial charge in [-0.05, 0) is 19.8 Å². The zero-order valence-corrected chi connectivity index (χ0v) is 10.1. The molecule has 0 aromatic rings. The predicted molar refractivity (Wildman–Crippen MR) is 63.1 cm³/mol. The first-order valence-corrected chi connectivity index (χ1v) is 5.70. The van der Waals surface area contributed by atoms with Gasteiger partial charge in [0.2, 0.25) is 0 Å². The van der Waals surface area contributed by atoms with Crippen LogP contribution in [0.2, 0.25) is 0 Å². The highest BCUT2D eigenvalue weighted by Gasteiger charge is 2.13. The van der Waals surface area contributed by atoms with E-state index in [2.05, 4.69) is 18.4 Å². The standard InChI is InChI=1S/C13H18O4/c1-10(2)13(15)17-9-11(14)8-16-12-6-4-3-5-7-12/h11-12,14H,1,3-4,6,8-9H2,2H3. The molecular weight excluding hydrogens is 220 g/mol. The van der Waals surface area contributed by atoms with Crippen LogP contribution in [-0.4, -0.2) is 36.5 Å². The number of carbonyl (C=O) groups is 1. The topological polar surface area (TPSA) is 55.8 Å². The summed E-state index contributed by atoms with van der Waals surface area (Å²) in [6, 6.07) is 0. The highest BCUT2D eigenvalue weighted by molar-refractivity contribution is 5.86. The first kappa shape index (κ1) is 13.8. The molecule has 0 bridgehead atoms. The van der Waals surface area contributed by atoms with Gasteiger partial charge in [-0.25, -0.2) is 4.79 Å². The third kappa shape index (κ3) is 5.53. The zero-order chi connectivity index (χ0) is 12.7. The van der Waals surface area contributed by atoms with Crippen molar-refractivity contribution in [1.29, 1.82) is 0 Å². The summed E-state index contributed by atoms with van der Waals surface area (Å²) in [6.45, 7) is 5.06. The molecule has 17 heavy (non-hydrogen) atoms. The fourth-order valence-corrected chi connectivity index (χ4v) is 1.33.